The average Bonchev–Trinajstić information content (AvgIpc) is 3.76. The van der Waals surface area contributed by atoms with Gasteiger partial charge in [-0.1, -0.05) is 158 Å². The molecule has 4 nitrogen and oxygen atoms in total. The van der Waals surface area contributed by atoms with Crippen molar-refractivity contribution in [2.24, 2.45) is 0 Å². The fourth-order valence-corrected chi connectivity index (χ4v) is 13.8. The third kappa shape index (κ3) is 6.23. The molecule has 6 heteroatoms. The molecule has 4 heterocycles. The molecule has 0 saturated heterocycles. The Morgan fingerprint density at radius 3 is 1.96 bits per heavy atom. The van der Waals surface area contributed by atoms with Crippen LogP contribution in [0.4, 0.5) is 28.4 Å². The molecule has 0 atom stereocenters. The van der Waals surface area contributed by atoms with Gasteiger partial charge in [-0.15, -0.1) is 11.3 Å². The maximum absolute atomic E-state index is 6.94. The number of para-hydroxylation sites is 2. The molecule has 346 valence electrons. The van der Waals surface area contributed by atoms with Gasteiger partial charge in [0.2, 0.25) is 0 Å². The standard InChI is InChI=1S/C65H55BN2O2S/c1-38-32-47-48(65(7,8)31-30-64(47,5)6)35-51(38)67-52-37-57-56(69-54-23-15-16-24-55(54)70-57)36-49(52)66-60-53(67)33-40-20-12-13-21-42(40)59(60)45-28-27-44-43-22-14-17-25-58(43)71-62(44)61(45)68(66)50-29-26-41(63(2,3)4)34-46(50)39-18-10-9-11-19-39/h9-29,32-37H,30-31H2,1-8H3. The Balaban J connectivity index is 1.16. The van der Waals surface area contributed by atoms with Gasteiger partial charge >= 0.3 is 6.85 Å². The molecule has 4 aliphatic rings. The van der Waals surface area contributed by atoms with E-state index in [0.29, 0.717) is 5.75 Å². The van der Waals surface area contributed by atoms with E-state index in [4.69, 9.17) is 9.47 Å². The van der Waals surface area contributed by atoms with Crippen molar-refractivity contribution in [3.8, 4) is 45.3 Å². The largest absolute Gasteiger partial charge is 0.450 e. The van der Waals surface area contributed by atoms with Crippen LogP contribution in [0.3, 0.4) is 0 Å². The lowest BCUT2D eigenvalue weighted by Gasteiger charge is -2.48. The zero-order valence-corrected chi connectivity index (χ0v) is 42.5. The highest BCUT2D eigenvalue weighted by Crippen LogP contribution is 2.57. The van der Waals surface area contributed by atoms with Gasteiger partial charge in [0, 0.05) is 55.4 Å². The Hall–Kier alpha value is -7.28. The van der Waals surface area contributed by atoms with Crippen LogP contribution >= 0.6 is 11.3 Å². The molecule has 3 aliphatic heterocycles. The molecule has 10 aromatic rings. The fourth-order valence-electron chi connectivity index (χ4n) is 12.5. The molecule has 0 spiro atoms. The van der Waals surface area contributed by atoms with E-state index in [1.807, 2.05) is 35.6 Å². The minimum atomic E-state index is -0.276. The van der Waals surface area contributed by atoms with E-state index < -0.39 is 0 Å². The molecule has 0 unspecified atom stereocenters. The Morgan fingerprint density at radius 2 is 1.21 bits per heavy atom. The summed E-state index contributed by atoms with van der Waals surface area (Å²) in [7, 11) is 0. The molecule has 1 aromatic heterocycles. The van der Waals surface area contributed by atoms with E-state index in [0.717, 1.165) is 41.2 Å². The fraction of sp³-hybridized carbons (Fsp3) is 0.200. The van der Waals surface area contributed by atoms with Gasteiger partial charge in [-0.3, -0.25) is 0 Å². The lowest BCUT2D eigenvalue weighted by atomic mass is 9.43. The molecule has 9 aromatic carbocycles. The van der Waals surface area contributed by atoms with Crippen molar-refractivity contribution in [2.45, 2.75) is 84.5 Å². The average molecular weight is 939 g/mol. The van der Waals surface area contributed by atoms with Crippen LogP contribution in [0.2, 0.25) is 0 Å². The number of ether oxygens (including phenoxy) is 2. The monoisotopic (exact) mass is 938 g/mol. The Bertz CT molecular complexity index is 3920. The van der Waals surface area contributed by atoms with Gasteiger partial charge in [0.05, 0.1) is 10.4 Å². The van der Waals surface area contributed by atoms with Crippen molar-refractivity contribution in [3.05, 3.63) is 186 Å². The maximum atomic E-state index is 6.94. The van der Waals surface area contributed by atoms with Crippen molar-refractivity contribution in [1.82, 2.24) is 0 Å². The molecule has 0 bridgehead atoms. The van der Waals surface area contributed by atoms with Gasteiger partial charge in [0.1, 0.15) is 0 Å². The van der Waals surface area contributed by atoms with Crippen LogP contribution in [-0.2, 0) is 16.2 Å². The summed E-state index contributed by atoms with van der Waals surface area (Å²) in [5.74, 6) is 2.87. The predicted molar refractivity (Wildman–Crippen MR) is 301 cm³/mol. The van der Waals surface area contributed by atoms with Crippen LogP contribution in [0.1, 0.15) is 83.6 Å². The van der Waals surface area contributed by atoms with Crippen molar-refractivity contribution in [2.75, 3.05) is 9.71 Å². The number of benzene rings is 9. The number of anilines is 5. The highest BCUT2D eigenvalue weighted by atomic mass is 32.1. The second-order valence-corrected chi connectivity index (χ2v) is 23.8. The molecular weight excluding hydrogens is 884 g/mol. The first-order chi connectivity index (χ1) is 34.2. The number of hydrogen-bond acceptors (Lipinski definition) is 5. The predicted octanol–water partition coefficient (Wildman–Crippen LogP) is 17.4. The van der Waals surface area contributed by atoms with E-state index in [2.05, 4.69) is 205 Å². The summed E-state index contributed by atoms with van der Waals surface area (Å²) in [6, 6.07) is 61.3. The molecule has 0 radical (unpaired) electrons. The summed E-state index contributed by atoms with van der Waals surface area (Å²) in [4.78, 5) is 5.32. The summed E-state index contributed by atoms with van der Waals surface area (Å²) in [5, 5.41) is 5.03. The van der Waals surface area contributed by atoms with E-state index in [9.17, 15) is 0 Å². The minimum Gasteiger partial charge on any atom is -0.450 e. The first-order valence-corrected chi connectivity index (χ1v) is 26.1. The number of fused-ring (bicyclic) bond motifs is 13. The van der Waals surface area contributed by atoms with Crippen LogP contribution < -0.4 is 30.1 Å². The van der Waals surface area contributed by atoms with Gasteiger partial charge in [-0.2, -0.15) is 0 Å². The summed E-state index contributed by atoms with van der Waals surface area (Å²) < 4.78 is 16.4. The second-order valence-electron chi connectivity index (χ2n) is 22.8. The zero-order valence-electron chi connectivity index (χ0n) is 41.7. The topological polar surface area (TPSA) is 24.9 Å². The number of nitrogens with zero attached hydrogens (tertiary/aromatic N) is 2. The summed E-state index contributed by atoms with van der Waals surface area (Å²) in [5.41, 5.74) is 18.7. The Labute approximate surface area is 421 Å². The summed E-state index contributed by atoms with van der Waals surface area (Å²) in [6.45, 7) is 18.8. The van der Waals surface area contributed by atoms with Crippen LogP contribution in [0.25, 0.3) is 53.2 Å². The molecule has 71 heavy (non-hydrogen) atoms. The van der Waals surface area contributed by atoms with Gasteiger partial charge in [0.25, 0.3) is 0 Å². The molecule has 0 N–H and O–H groups in total. The number of thiophene rings is 1. The normalized spacial score (nSPS) is 15.9. The van der Waals surface area contributed by atoms with E-state index >= 15 is 0 Å². The second kappa shape index (κ2) is 14.9. The first kappa shape index (κ1) is 42.6. The Morgan fingerprint density at radius 1 is 0.549 bits per heavy atom. The highest BCUT2D eigenvalue weighted by Gasteiger charge is 2.49. The maximum Gasteiger partial charge on any atom is 0.333 e. The molecule has 0 amide bonds. The van der Waals surface area contributed by atoms with Crippen LogP contribution in [-0.4, -0.2) is 6.85 Å². The van der Waals surface area contributed by atoms with Crippen molar-refractivity contribution >= 4 is 88.5 Å². The smallest absolute Gasteiger partial charge is 0.333 e. The summed E-state index contributed by atoms with van der Waals surface area (Å²) in [6.07, 6.45) is 2.29. The lowest BCUT2D eigenvalue weighted by Crippen LogP contribution is -2.61. The van der Waals surface area contributed by atoms with Crippen molar-refractivity contribution < 1.29 is 9.47 Å². The van der Waals surface area contributed by atoms with Crippen LogP contribution in [0.15, 0.2) is 164 Å². The van der Waals surface area contributed by atoms with Crippen LogP contribution in [0, 0.1) is 6.92 Å². The number of hydrogen-bond donors (Lipinski definition) is 0. The summed E-state index contributed by atoms with van der Waals surface area (Å²) >= 11 is 1.91. The third-order valence-electron chi connectivity index (χ3n) is 16.4. The SMILES string of the molecule is Cc1cc2c(cc1N1c3cc4c(cc3B3c5c1cc1ccccc1c5-c1ccc5c(sc6ccccc65)c1N3c1ccc(C(C)(C)C)cc1-c1ccccc1)Oc1ccccc1O4)C(C)(C)CCC2(C)C. The third-order valence-corrected chi connectivity index (χ3v) is 17.6. The number of rotatable bonds is 3. The van der Waals surface area contributed by atoms with E-state index in [1.54, 1.807) is 0 Å². The van der Waals surface area contributed by atoms with Crippen LogP contribution in [0.5, 0.6) is 23.0 Å². The zero-order chi connectivity index (χ0) is 48.3. The molecule has 0 fully saturated rings. The minimum absolute atomic E-state index is 0.00615. The molecule has 1 aliphatic carbocycles. The van der Waals surface area contributed by atoms with Gasteiger partial charge in [-0.25, -0.2) is 0 Å². The molecular formula is C65H55BN2O2S. The quantitative estimate of drug-likeness (QED) is 0.165. The Kier molecular flexibility index (Phi) is 8.93. The van der Waals surface area contributed by atoms with Crippen molar-refractivity contribution in [1.29, 1.82) is 0 Å². The van der Waals surface area contributed by atoms with Gasteiger partial charge in [0.15, 0.2) is 23.0 Å². The highest BCUT2D eigenvalue weighted by molar-refractivity contribution is 7.26. The van der Waals surface area contributed by atoms with Crippen molar-refractivity contribution in [3.63, 3.8) is 0 Å². The molecule has 0 saturated carbocycles. The van der Waals surface area contributed by atoms with Gasteiger partial charge < -0.3 is 19.2 Å². The van der Waals surface area contributed by atoms with Gasteiger partial charge in [-0.05, 0) is 140 Å². The molecule has 14 rings (SSSR count). The first-order valence-electron chi connectivity index (χ1n) is 25.3. The van der Waals surface area contributed by atoms with E-state index in [-0.39, 0.29) is 23.1 Å². The van der Waals surface area contributed by atoms with E-state index in [1.165, 1.54) is 104 Å². The number of aryl methyl sites for hydroxylation is 1. The lowest BCUT2D eigenvalue weighted by molar-refractivity contribution is 0.332.